The number of aryl methyl sites for hydroxylation is 1. The van der Waals surface area contributed by atoms with Crippen LogP contribution in [0.15, 0.2) is 33.7 Å². The third-order valence-corrected chi connectivity index (χ3v) is 4.68. The van der Waals surface area contributed by atoms with Gasteiger partial charge >= 0.3 is 6.18 Å². The Kier molecular flexibility index (Phi) is 7.99. The van der Waals surface area contributed by atoms with Gasteiger partial charge in [-0.25, -0.2) is 4.99 Å². The number of furan rings is 1. The summed E-state index contributed by atoms with van der Waals surface area (Å²) in [6, 6.07) is 7.78. The molecule has 3 rings (SSSR count). The van der Waals surface area contributed by atoms with Gasteiger partial charge in [0.25, 0.3) is 0 Å². The SMILES string of the molecule is CCNC(=NCc1oc2ccccc2c1C)NC1CCN(CC(F)(F)F)C1.I. The highest BCUT2D eigenvalue weighted by Gasteiger charge is 2.34. The number of guanidine groups is 1. The van der Waals surface area contributed by atoms with Crippen LogP contribution in [0.25, 0.3) is 11.0 Å². The van der Waals surface area contributed by atoms with Gasteiger partial charge in [0.05, 0.1) is 6.54 Å². The van der Waals surface area contributed by atoms with Crippen molar-refractivity contribution in [3.63, 3.8) is 0 Å². The largest absolute Gasteiger partial charge is 0.459 e. The molecule has 28 heavy (non-hydrogen) atoms. The topological polar surface area (TPSA) is 52.8 Å². The van der Waals surface area contributed by atoms with Crippen molar-refractivity contribution in [3.8, 4) is 0 Å². The summed E-state index contributed by atoms with van der Waals surface area (Å²) >= 11 is 0. The molecule has 1 atom stereocenters. The highest BCUT2D eigenvalue weighted by atomic mass is 127. The molecule has 0 radical (unpaired) electrons. The quantitative estimate of drug-likeness (QED) is 0.362. The molecule has 9 heteroatoms. The number of halogens is 4. The Morgan fingerprint density at radius 1 is 1.32 bits per heavy atom. The van der Waals surface area contributed by atoms with E-state index in [9.17, 15) is 13.2 Å². The van der Waals surface area contributed by atoms with E-state index in [0.717, 1.165) is 22.3 Å². The second kappa shape index (κ2) is 9.82. The summed E-state index contributed by atoms with van der Waals surface area (Å²) < 4.78 is 43.5. The second-order valence-corrected chi connectivity index (χ2v) is 6.82. The average molecular weight is 510 g/mol. The van der Waals surface area contributed by atoms with Crippen molar-refractivity contribution in [2.75, 3.05) is 26.2 Å². The normalized spacial score (nSPS) is 18.3. The lowest BCUT2D eigenvalue weighted by Gasteiger charge is -2.19. The van der Waals surface area contributed by atoms with Crippen LogP contribution in [0.4, 0.5) is 13.2 Å². The number of aliphatic imine (C=N–C) groups is 1. The van der Waals surface area contributed by atoms with Gasteiger partial charge in [-0.3, -0.25) is 4.90 Å². The maximum absolute atomic E-state index is 12.5. The molecule has 2 aromatic rings. The zero-order valence-corrected chi connectivity index (χ0v) is 18.3. The summed E-state index contributed by atoms with van der Waals surface area (Å²) in [5.74, 6) is 1.38. The fourth-order valence-electron chi connectivity index (χ4n) is 3.39. The number of benzene rings is 1. The average Bonchev–Trinajstić information content (AvgIpc) is 3.16. The molecule has 2 heterocycles. The first-order valence-corrected chi connectivity index (χ1v) is 9.16. The van der Waals surface area contributed by atoms with Crippen LogP contribution in [0.2, 0.25) is 0 Å². The molecular weight excluding hydrogens is 484 g/mol. The van der Waals surface area contributed by atoms with E-state index in [-0.39, 0.29) is 30.0 Å². The molecule has 1 aliphatic heterocycles. The summed E-state index contributed by atoms with van der Waals surface area (Å²) in [6.07, 6.45) is -3.50. The van der Waals surface area contributed by atoms with E-state index >= 15 is 0 Å². The van der Waals surface area contributed by atoms with Crippen molar-refractivity contribution in [2.45, 2.75) is 39.0 Å². The maximum atomic E-state index is 12.5. The number of rotatable bonds is 5. The van der Waals surface area contributed by atoms with Gasteiger partial charge in [-0.05, 0) is 26.3 Å². The molecule has 156 valence electrons. The van der Waals surface area contributed by atoms with Crippen molar-refractivity contribution in [1.82, 2.24) is 15.5 Å². The smallest absolute Gasteiger partial charge is 0.401 e. The minimum absolute atomic E-state index is 0. The number of hydrogen-bond donors (Lipinski definition) is 2. The third kappa shape index (κ3) is 6.00. The Hall–Kier alpha value is -1.49. The fraction of sp³-hybridized carbons (Fsp3) is 0.526. The van der Waals surface area contributed by atoms with Gasteiger partial charge in [0.1, 0.15) is 17.9 Å². The van der Waals surface area contributed by atoms with Crippen LogP contribution in [-0.2, 0) is 6.54 Å². The zero-order chi connectivity index (χ0) is 19.4. The van der Waals surface area contributed by atoms with E-state index in [0.29, 0.717) is 38.6 Å². The predicted molar refractivity (Wildman–Crippen MR) is 115 cm³/mol. The Bertz CT molecular complexity index is 806. The Balaban J connectivity index is 0.00000280. The molecule has 1 saturated heterocycles. The standard InChI is InChI=1S/C19H25F3N4O.HI/c1-3-23-18(25-14-8-9-26(11-14)12-19(20,21)22)24-10-17-13(2)15-6-4-5-7-16(15)27-17;/h4-7,14H,3,8-12H2,1-2H3,(H2,23,24,25);1H. The molecule has 0 amide bonds. The zero-order valence-electron chi connectivity index (χ0n) is 16.0. The lowest BCUT2D eigenvalue weighted by Crippen LogP contribution is -2.45. The number of fused-ring (bicyclic) bond motifs is 1. The highest BCUT2D eigenvalue weighted by molar-refractivity contribution is 14.0. The Labute approximate surface area is 179 Å². The monoisotopic (exact) mass is 510 g/mol. The maximum Gasteiger partial charge on any atom is 0.401 e. The van der Waals surface area contributed by atoms with Gasteiger partial charge < -0.3 is 15.1 Å². The molecule has 1 aromatic heterocycles. The number of alkyl halides is 3. The minimum atomic E-state index is -4.16. The first-order chi connectivity index (χ1) is 12.9. The molecule has 0 spiro atoms. The Morgan fingerprint density at radius 2 is 2.07 bits per heavy atom. The number of hydrogen-bond acceptors (Lipinski definition) is 3. The van der Waals surface area contributed by atoms with E-state index in [1.165, 1.54) is 4.90 Å². The number of likely N-dealkylation sites (tertiary alicyclic amines) is 1. The first kappa shape index (κ1) is 22.8. The van der Waals surface area contributed by atoms with Crippen LogP contribution in [0, 0.1) is 6.92 Å². The van der Waals surface area contributed by atoms with Gasteiger partial charge in [0.2, 0.25) is 0 Å². The summed E-state index contributed by atoms with van der Waals surface area (Å²) in [5.41, 5.74) is 1.89. The van der Waals surface area contributed by atoms with E-state index in [4.69, 9.17) is 4.42 Å². The van der Waals surface area contributed by atoms with Crippen LogP contribution in [0.1, 0.15) is 24.7 Å². The summed E-state index contributed by atoms with van der Waals surface area (Å²) in [4.78, 5) is 5.98. The minimum Gasteiger partial charge on any atom is -0.459 e. The second-order valence-electron chi connectivity index (χ2n) is 6.82. The van der Waals surface area contributed by atoms with Crippen LogP contribution in [0.5, 0.6) is 0 Å². The van der Waals surface area contributed by atoms with Crippen molar-refractivity contribution in [3.05, 3.63) is 35.6 Å². The van der Waals surface area contributed by atoms with Gasteiger partial charge in [-0.2, -0.15) is 13.2 Å². The van der Waals surface area contributed by atoms with Crippen molar-refractivity contribution in [2.24, 2.45) is 4.99 Å². The van der Waals surface area contributed by atoms with Crippen molar-refractivity contribution >= 4 is 40.9 Å². The molecule has 1 aliphatic rings. The van der Waals surface area contributed by atoms with E-state index < -0.39 is 12.7 Å². The van der Waals surface area contributed by atoms with Crippen LogP contribution in [-0.4, -0.2) is 49.3 Å². The van der Waals surface area contributed by atoms with E-state index in [1.54, 1.807) is 0 Å². The van der Waals surface area contributed by atoms with Gasteiger partial charge in [-0.1, -0.05) is 18.2 Å². The molecule has 0 aliphatic carbocycles. The Morgan fingerprint density at radius 3 is 2.75 bits per heavy atom. The molecule has 1 aromatic carbocycles. The van der Waals surface area contributed by atoms with Crippen LogP contribution in [0.3, 0.4) is 0 Å². The number of para-hydroxylation sites is 1. The van der Waals surface area contributed by atoms with Crippen LogP contribution < -0.4 is 10.6 Å². The number of nitrogens with one attached hydrogen (secondary N) is 2. The predicted octanol–water partition coefficient (Wildman–Crippen LogP) is 4.05. The molecule has 1 fully saturated rings. The lowest BCUT2D eigenvalue weighted by molar-refractivity contribution is -0.143. The summed E-state index contributed by atoms with van der Waals surface area (Å²) in [6.45, 7) is 4.92. The van der Waals surface area contributed by atoms with E-state index in [1.807, 2.05) is 38.1 Å². The van der Waals surface area contributed by atoms with Gasteiger partial charge in [0.15, 0.2) is 5.96 Å². The lowest BCUT2D eigenvalue weighted by atomic mass is 10.1. The number of nitrogens with zero attached hydrogens (tertiary/aromatic N) is 2. The van der Waals surface area contributed by atoms with Gasteiger partial charge in [0, 0.05) is 36.6 Å². The first-order valence-electron chi connectivity index (χ1n) is 9.16. The summed E-state index contributed by atoms with van der Waals surface area (Å²) in [7, 11) is 0. The molecule has 0 bridgehead atoms. The van der Waals surface area contributed by atoms with Gasteiger partial charge in [-0.15, -0.1) is 24.0 Å². The summed E-state index contributed by atoms with van der Waals surface area (Å²) in [5, 5.41) is 7.47. The highest BCUT2D eigenvalue weighted by Crippen LogP contribution is 2.25. The molecule has 5 nitrogen and oxygen atoms in total. The van der Waals surface area contributed by atoms with Crippen molar-refractivity contribution < 1.29 is 17.6 Å². The molecule has 1 unspecified atom stereocenters. The fourth-order valence-corrected chi connectivity index (χ4v) is 3.39. The van der Waals surface area contributed by atoms with Crippen LogP contribution >= 0.6 is 24.0 Å². The van der Waals surface area contributed by atoms with E-state index in [2.05, 4.69) is 15.6 Å². The molecular formula is C19H26F3IN4O. The van der Waals surface area contributed by atoms with Crippen molar-refractivity contribution in [1.29, 1.82) is 0 Å². The third-order valence-electron chi connectivity index (χ3n) is 4.68. The molecule has 0 saturated carbocycles. The molecule has 2 N–H and O–H groups in total.